The van der Waals surface area contributed by atoms with Crippen molar-refractivity contribution in [1.29, 1.82) is 0 Å². The summed E-state index contributed by atoms with van der Waals surface area (Å²) in [6.07, 6.45) is 3.64. The van der Waals surface area contributed by atoms with Gasteiger partial charge in [-0.05, 0) is 118 Å². The van der Waals surface area contributed by atoms with Crippen molar-refractivity contribution in [2.24, 2.45) is 0 Å². The Bertz CT molecular complexity index is 754. The highest BCUT2D eigenvalue weighted by molar-refractivity contribution is 5.78. The summed E-state index contributed by atoms with van der Waals surface area (Å²) >= 11 is 0. The molecule has 24 heavy (non-hydrogen) atoms. The van der Waals surface area contributed by atoms with E-state index in [1.807, 2.05) is 0 Å². The van der Waals surface area contributed by atoms with Crippen LogP contribution in [0.1, 0.15) is 45.4 Å². The van der Waals surface area contributed by atoms with Crippen LogP contribution in [0.3, 0.4) is 0 Å². The highest BCUT2D eigenvalue weighted by Crippen LogP contribution is 2.39. The summed E-state index contributed by atoms with van der Waals surface area (Å²) in [7, 11) is 4.42. The van der Waals surface area contributed by atoms with Gasteiger partial charge in [0.05, 0.1) is 0 Å². The van der Waals surface area contributed by atoms with Crippen LogP contribution in [0.2, 0.25) is 0 Å². The molecule has 3 rings (SSSR count). The molecule has 0 heterocycles. The molecule has 1 aliphatic carbocycles. The number of hydrogen-bond acceptors (Lipinski definition) is 1. The molecule has 1 aliphatic rings. The zero-order chi connectivity index (χ0) is 17.6. The van der Waals surface area contributed by atoms with Gasteiger partial charge >= 0.3 is 0 Å². The maximum absolute atomic E-state index is 2.38. The number of hydrogen-bond donors (Lipinski definition) is 0. The SMILES string of the molecule is Cc1c(C)c(C)c(-c2cccc3c2CCC(N(C)C)C3)c(C)c1C. The molecule has 128 valence electrons. The van der Waals surface area contributed by atoms with Crippen LogP contribution in [0.5, 0.6) is 0 Å². The standard InChI is InChI=1S/C23H31N/c1-14-15(2)17(4)23(18(5)16(14)3)22-10-8-9-19-13-20(24(6)7)11-12-21(19)22/h8-10,20H,11-13H2,1-7H3. The minimum absolute atomic E-state index is 0.677. The van der Waals surface area contributed by atoms with Gasteiger partial charge < -0.3 is 4.90 Å². The third-order valence-corrected chi connectivity index (χ3v) is 6.46. The fourth-order valence-electron chi connectivity index (χ4n) is 4.37. The van der Waals surface area contributed by atoms with Gasteiger partial charge in [-0.15, -0.1) is 0 Å². The smallest absolute Gasteiger partial charge is 0.0133 e. The van der Waals surface area contributed by atoms with E-state index in [4.69, 9.17) is 0 Å². The maximum Gasteiger partial charge on any atom is 0.0133 e. The van der Waals surface area contributed by atoms with Gasteiger partial charge in [0, 0.05) is 6.04 Å². The minimum Gasteiger partial charge on any atom is -0.306 e. The van der Waals surface area contributed by atoms with E-state index in [2.05, 4.69) is 71.8 Å². The Hall–Kier alpha value is -1.60. The molecule has 0 radical (unpaired) electrons. The average molecular weight is 322 g/mol. The molecule has 2 aromatic carbocycles. The molecule has 0 fully saturated rings. The Balaban J connectivity index is 2.19. The van der Waals surface area contributed by atoms with E-state index in [-0.39, 0.29) is 0 Å². The van der Waals surface area contributed by atoms with Crippen LogP contribution >= 0.6 is 0 Å². The van der Waals surface area contributed by atoms with E-state index >= 15 is 0 Å². The van der Waals surface area contributed by atoms with Crippen LogP contribution in [-0.4, -0.2) is 25.0 Å². The lowest BCUT2D eigenvalue weighted by Crippen LogP contribution is -2.33. The molecule has 1 unspecified atom stereocenters. The molecule has 0 spiro atoms. The summed E-state index contributed by atoms with van der Waals surface area (Å²) in [4.78, 5) is 2.38. The summed E-state index contributed by atoms with van der Waals surface area (Å²) in [5, 5.41) is 0. The molecule has 1 atom stereocenters. The molecule has 0 amide bonds. The second-order valence-electron chi connectivity index (χ2n) is 7.80. The van der Waals surface area contributed by atoms with Crippen molar-refractivity contribution >= 4 is 0 Å². The molecular formula is C23H31N. The molecule has 0 aliphatic heterocycles. The Labute approximate surface area is 147 Å². The monoisotopic (exact) mass is 321 g/mol. The number of fused-ring (bicyclic) bond motifs is 1. The average Bonchev–Trinajstić information content (AvgIpc) is 2.58. The van der Waals surface area contributed by atoms with Crippen molar-refractivity contribution in [2.45, 2.75) is 59.9 Å². The zero-order valence-electron chi connectivity index (χ0n) is 16.4. The second-order valence-corrected chi connectivity index (χ2v) is 7.80. The summed E-state index contributed by atoms with van der Waals surface area (Å²) in [5.74, 6) is 0. The zero-order valence-corrected chi connectivity index (χ0v) is 16.4. The summed E-state index contributed by atoms with van der Waals surface area (Å²) < 4.78 is 0. The first-order chi connectivity index (χ1) is 11.3. The highest BCUT2D eigenvalue weighted by Gasteiger charge is 2.24. The molecule has 1 heteroatoms. The summed E-state index contributed by atoms with van der Waals surface area (Å²) in [6, 6.07) is 7.62. The molecule has 0 N–H and O–H groups in total. The normalized spacial score (nSPS) is 17.2. The molecule has 1 nitrogen and oxygen atoms in total. The summed E-state index contributed by atoms with van der Waals surface area (Å²) in [5.41, 5.74) is 13.4. The topological polar surface area (TPSA) is 3.24 Å². The first-order valence-corrected chi connectivity index (χ1v) is 9.17. The molecule has 2 aromatic rings. The predicted molar refractivity (Wildman–Crippen MR) is 105 cm³/mol. The van der Waals surface area contributed by atoms with Crippen LogP contribution in [0.25, 0.3) is 11.1 Å². The van der Waals surface area contributed by atoms with Crippen molar-refractivity contribution in [2.75, 3.05) is 14.1 Å². The Morgan fingerprint density at radius 3 is 2.00 bits per heavy atom. The number of rotatable bonds is 2. The van der Waals surface area contributed by atoms with Gasteiger partial charge in [0.15, 0.2) is 0 Å². The first-order valence-electron chi connectivity index (χ1n) is 9.17. The van der Waals surface area contributed by atoms with Crippen LogP contribution in [0.15, 0.2) is 18.2 Å². The van der Waals surface area contributed by atoms with Crippen LogP contribution < -0.4 is 0 Å². The fraction of sp³-hybridized carbons (Fsp3) is 0.478. The van der Waals surface area contributed by atoms with E-state index in [1.165, 1.54) is 58.2 Å². The minimum atomic E-state index is 0.677. The molecule has 0 saturated carbocycles. The first kappa shape index (κ1) is 17.2. The quantitative estimate of drug-likeness (QED) is 0.724. The molecule has 0 bridgehead atoms. The second kappa shape index (κ2) is 6.37. The van der Waals surface area contributed by atoms with Crippen molar-refractivity contribution in [3.05, 3.63) is 57.1 Å². The third-order valence-electron chi connectivity index (χ3n) is 6.46. The van der Waals surface area contributed by atoms with Crippen LogP contribution in [0, 0.1) is 34.6 Å². The van der Waals surface area contributed by atoms with Gasteiger partial charge in [-0.25, -0.2) is 0 Å². The van der Waals surface area contributed by atoms with Gasteiger partial charge in [-0.2, -0.15) is 0 Å². The number of benzene rings is 2. The van der Waals surface area contributed by atoms with E-state index in [9.17, 15) is 0 Å². The van der Waals surface area contributed by atoms with Gasteiger partial charge in [0.2, 0.25) is 0 Å². The van der Waals surface area contributed by atoms with E-state index in [0.29, 0.717) is 6.04 Å². The third kappa shape index (κ3) is 2.69. The molecule has 0 aromatic heterocycles. The van der Waals surface area contributed by atoms with E-state index in [1.54, 1.807) is 11.1 Å². The lowest BCUT2D eigenvalue weighted by atomic mass is 9.79. The van der Waals surface area contributed by atoms with Crippen molar-refractivity contribution in [3.63, 3.8) is 0 Å². The molecule has 0 saturated heterocycles. The lowest BCUT2D eigenvalue weighted by molar-refractivity contribution is 0.268. The summed E-state index contributed by atoms with van der Waals surface area (Å²) in [6.45, 7) is 11.4. The lowest BCUT2D eigenvalue weighted by Gasteiger charge is -2.32. The maximum atomic E-state index is 2.38. The van der Waals surface area contributed by atoms with Gasteiger partial charge in [0.1, 0.15) is 0 Å². The number of nitrogens with zero attached hydrogens (tertiary/aromatic N) is 1. The molecular weight excluding hydrogens is 290 g/mol. The van der Waals surface area contributed by atoms with Crippen molar-refractivity contribution in [1.82, 2.24) is 4.90 Å². The Morgan fingerprint density at radius 1 is 0.833 bits per heavy atom. The highest BCUT2D eigenvalue weighted by atomic mass is 15.1. The predicted octanol–water partition coefficient (Wildman–Crippen LogP) is 5.31. The van der Waals surface area contributed by atoms with Gasteiger partial charge in [-0.3, -0.25) is 0 Å². The van der Waals surface area contributed by atoms with Crippen LogP contribution in [0.4, 0.5) is 0 Å². The van der Waals surface area contributed by atoms with Crippen LogP contribution in [-0.2, 0) is 12.8 Å². The fourth-order valence-corrected chi connectivity index (χ4v) is 4.37. The van der Waals surface area contributed by atoms with Crippen molar-refractivity contribution in [3.8, 4) is 11.1 Å². The van der Waals surface area contributed by atoms with Gasteiger partial charge in [0.25, 0.3) is 0 Å². The number of likely N-dealkylation sites (N-methyl/N-ethyl adjacent to an activating group) is 1. The van der Waals surface area contributed by atoms with Gasteiger partial charge in [-0.1, -0.05) is 18.2 Å². The van der Waals surface area contributed by atoms with Crippen molar-refractivity contribution < 1.29 is 0 Å². The van der Waals surface area contributed by atoms with E-state index < -0.39 is 0 Å². The largest absolute Gasteiger partial charge is 0.306 e. The van der Waals surface area contributed by atoms with E-state index in [0.717, 1.165) is 0 Å². The Kier molecular flexibility index (Phi) is 4.57. The Morgan fingerprint density at radius 2 is 1.42 bits per heavy atom.